The summed E-state index contributed by atoms with van der Waals surface area (Å²) in [6.07, 6.45) is 5.45. The lowest BCUT2D eigenvalue weighted by molar-refractivity contribution is 0.326. The van der Waals surface area contributed by atoms with Crippen LogP contribution < -0.4 is 9.64 Å². The van der Waals surface area contributed by atoms with Gasteiger partial charge in [-0.15, -0.1) is 0 Å². The van der Waals surface area contributed by atoms with E-state index in [2.05, 4.69) is 28.7 Å². The first-order chi connectivity index (χ1) is 8.70. The SMILES string of the molecule is CCOc1cc(N2CC(C)CCCC2C)ncn1. The molecule has 2 rings (SSSR count). The summed E-state index contributed by atoms with van der Waals surface area (Å²) in [6.45, 7) is 8.28. The Balaban J connectivity index is 2.19. The highest BCUT2D eigenvalue weighted by Gasteiger charge is 2.22. The zero-order valence-corrected chi connectivity index (χ0v) is 11.6. The van der Waals surface area contributed by atoms with Gasteiger partial charge < -0.3 is 9.64 Å². The normalized spacial score (nSPS) is 24.7. The molecule has 0 N–H and O–H groups in total. The topological polar surface area (TPSA) is 38.2 Å². The van der Waals surface area contributed by atoms with Gasteiger partial charge in [-0.3, -0.25) is 0 Å². The summed E-state index contributed by atoms with van der Waals surface area (Å²) in [6, 6.07) is 2.50. The van der Waals surface area contributed by atoms with Crippen molar-refractivity contribution in [3.63, 3.8) is 0 Å². The zero-order valence-electron chi connectivity index (χ0n) is 11.6. The fraction of sp³-hybridized carbons (Fsp3) is 0.714. The second-order valence-corrected chi connectivity index (χ2v) is 5.18. The van der Waals surface area contributed by atoms with Gasteiger partial charge in [0.25, 0.3) is 0 Å². The van der Waals surface area contributed by atoms with Crippen molar-refractivity contribution in [1.29, 1.82) is 0 Å². The van der Waals surface area contributed by atoms with Crippen LogP contribution in [0.2, 0.25) is 0 Å². The van der Waals surface area contributed by atoms with E-state index >= 15 is 0 Å². The van der Waals surface area contributed by atoms with Gasteiger partial charge in [0.05, 0.1) is 6.61 Å². The zero-order chi connectivity index (χ0) is 13.0. The van der Waals surface area contributed by atoms with Crippen LogP contribution in [0.1, 0.15) is 40.0 Å². The maximum absolute atomic E-state index is 5.45. The Bertz CT molecular complexity index is 383. The van der Waals surface area contributed by atoms with E-state index < -0.39 is 0 Å². The van der Waals surface area contributed by atoms with Crippen LogP contribution >= 0.6 is 0 Å². The molecule has 2 atom stereocenters. The molecule has 0 radical (unpaired) electrons. The maximum Gasteiger partial charge on any atom is 0.218 e. The predicted octanol–water partition coefficient (Wildman–Crippen LogP) is 2.89. The largest absolute Gasteiger partial charge is 0.478 e. The van der Waals surface area contributed by atoms with E-state index in [4.69, 9.17) is 4.74 Å². The molecule has 100 valence electrons. The number of ether oxygens (including phenoxy) is 1. The Morgan fingerprint density at radius 2 is 2.17 bits per heavy atom. The molecule has 1 fully saturated rings. The van der Waals surface area contributed by atoms with E-state index in [1.54, 1.807) is 6.33 Å². The molecular weight excluding hydrogens is 226 g/mol. The second kappa shape index (κ2) is 6.03. The van der Waals surface area contributed by atoms with Crippen molar-refractivity contribution in [2.75, 3.05) is 18.1 Å². The van der Waals surface area contributed by atoms with Crippen LogP contribution in [0.4, 0.5) is 5.82 Å². The molecule has 0 bridgehead atoms. The summed E-state index contributed by atoms with van der Waals surface area (Å²) in [5.41, 5.74) is 0. The lowest BCUT2D eigenvalue weighted by Gasteiger charge is -2.29. The lowest BCUT2D eigenvalue weighted by atomic mass is 10.1. The third-order valence-electron chi connectivity index (χ3n) is 3.57. The molecule has 0 aliphatic carbocycles. The molecule has 0 saturated carbocycles. The molecule has 1 aromatic rings. The van der Waals surface area contributed by atoms with Crippen molar-refractivity contribution in [1.82, 2.24) is 9.97 Å². The molecule has 0 spiro atoms. The highest BCUT2D eigenvalue weighted by atomic mass is 16.5. The van der Waals surface area contributed by atoms with Crippen LogP contribution in [-0.2, 0) is 0 Å². The van der Waals surface area contributed by atoms with Crippen molar-refractivity contribution in [3.05, 3.63) is 12.4 Å². The summed E-state index contributed by atoms with van der Waals surface area (Å²) in [5.74, 6) is 2.39. The molecule has 18 heavy (non-hydrogen) atoms. The van der Waals surface area contributed by atoms with Gasteiger partial charge in [0.15, 0.2) is 0 Å². The Kier molecular flexibility index (Phi) is 4.39. The monoisotopic (exact) mass is 249 g/mol. The van der Waals surface area contributed by atoms with Crippen molar-refractivity contribution >= 4 is 5.82 Å². The van der Waals surface area contributed by atoms with E-state index in [1.165, 1.54) is 19.3 Å². The average molecular weight is 249 g/mol. The standard InChI is InChI=1S/C14H23N3O/c1-4-18-14-8-13(15-10-16-14)17-9-11(2)6-5-7-12(17)3/h8,10-12H,4-7,9H2,1-3H3. The lowest BCUT2D eigenvalue weighted by Crippen LogP contribution is -2.35. The number of anilines is 1. The minimum Gasteiger partial charge on any atom is -0.478 e. The fourth-order valence-corrected chi connectivity index (χ4v) is 2.56. The van der Waals surface area contributed by atoms with E-state index in [1.807, 2.05) is 13.0 Å². The van der Waals surface area contributed by atoms with E-state index in [9.17, 15) is 0 Å². The van der Waals surface area contributed by atoms with Gasteiger partial charge >= 0.3 is 0 Å². The van der Waals surface area contributed by atoms with Gasteiger partial charge in [0, 0.05) is 18.7 Å². The Morgan fingerprint density at radius 3 is 2.94 bits per heavy atom. The predicted molar refractivity (Wildman–Crippen MR) is 73.0 cm³/mol. The summed E-state index contributed by atoms with van der Waals surface area (Å²) in [5, 5.41) is 0. The minimum absolute atomic E-state index is 0.541. The molecule has 1 aromatic heterocycles. The van der Waals surface area contributed by atoms with Crippen molar-refractivity contribution in [2.24, 2.45) is 5.92 Å². The van der Waals surface area contributed by atoms with Gasteiger partial charge in [-0.1, -0.05) is 13.3 Å². The first kappa shape index (κ1) is 13.1. The average Bonchev–Trinajstić information content (AvgIpc) is 2.52. The Morgan fingerprint density at radius 1 is 1.33 bits per heavy atom. The Hall–Kier alpha value is -1.32. The summed E-state index contributed by atoms with van der Waals surface area (Å²) < 4.78 is 5.45. The maximum atomic E-state index is 5.45. The van der Waals surface area contributed by atoms with Crippen LogP contribution in [0, 0.1) is 5.92 Å². The van der Waals surface area contributed by atoms with E-state index in [0.717, 1.165) is 18.3 Å². The third-order valence-corrected chi connectivity index (χ3v) is 3.57. The molecular formula is C14H23N3O. The second-order valence-electron chi connectivity index (χ2n) is 5.18. The molecule has 1 saturated heterocycles. The molecule has 2 heterocycles. The third kappa shape index (κ3) is 3.12. The summed E-state index contributed by atoms with van der Waals surface area (Å²) in [7, 11) is 0. The molecule has 0 amide bonds. The highest BCUT2D eigenvalue weighted by molar-refractivity contribution is 5.42. The highest BCUT2D eigenvalue weighted by Crippen LogP contribution is 2.26. The van der Waals surface area contributed by atoms with Gasteiger partial charge in [0.2, 0.25) is 5.88 Å². The quantitative estimate of drug-likeness (QED) is 0.825. The number of nitrogens with zero attached hydrogens (tertiary/aromatic N) is 3. The van der Waals surface area contributed by atoms with E-state index in [0.29, 0.717) is 18.5 Å². The number of aromatic nitrogens is 2. The molecule has 4 nitrogen and oxygen atoms in total. The molecule has 1 aliphatic heterocycles. The summed E-state index contributed by atoms with van der Waals surface area (Å²) >= 11 is 0. The van der Waals surface area contributed by atoms with E-state index in [-0.39, 0.29) is 0 Å². The van der Waals surface area contributed by atoms with Crippen molar-refractivity contribution in [3.8, 4) is 5.88 Å². The molecule has 0 aromatic carbocycles. The van der Waals surface area contributed by atoms with Crippen LogP contribution in [0.25, 0.3) is 0 Å². The summed E-state index contributed by atoms with van der Waals surface area (Å²) in [4.78, 5) is 10.9. The van der Waals surface area contributed by atoms with Crippen LogP contribution in [0.5, 0.6) is 5.88 Å². The fourth-order valence-electron chi connectivity index (χ4n) is 2.56. The van der Waals surface area contributed by atoms with Gasteiger partial charge in [-0.2, -0.15) is 0 Å². The smallest absolute Gasteiger partial charge is 0.218 e. The number of hydrogen-bond donors (Lipinski definition) is 0. The molecule has 1 aliphatic rings. The van der Waals surface area contributed by atoms with Crippen LogP contribution in [0.3, 0.4) is 0 Å². The number of rotatable bonds is 3. The Labute approximate surface area is 109 Å². The van der Waals surface area contributed by atoms with Gasteiger partial charge in [0.1, 0.15) is 12.1 Å². The van der Waals surface area contributed by atoms with Gasteiger partial charge in [-0.25, -0.2) is 9.97 Å². The number of hydrogen-bond acceptors (Lipinski definition) is 4. The first-order valence-electron chi connectivity index (χ1n) is 6.92. The van der Waals surface area contributed by atoms with Crippen LogP contribution in [-0.4, -0.2) is 29.2 Å². The van der Waals surface area contributed by atoms with Crippen molar-refractivity contribution < 1.29 is 4.74 Å². The van der Waals surface area contributed by atoms with Gasteiger partial charge in [-0.05, 0) is 32.6 Å². The van der Waals surface area contributed by atoms with Crippen molar-refractivity contribution in [2.45, 2.75) is 46.1 Å². The first-order valence-corrected chi connectivity index (χ1v) is 6.92. The minimum atomic E-state index is 0.541. The van der Waals surface area contributed by atoms with Crippen LogP contribution in [0.15, 0.2) is 12.4 Å². The molecule has 2 unspecified atom stereocenters. The molecule has 4 heteroatoms.